The van der Waals surface area contributed by atoms with Gasteiger partial charge in [0.2, 0.25) is 5.91 Å². The maximum absolute atomic E-state index is 12.5. The maximum Gasteiger partial charge on any atom is 0.235 e. The van der Waals surface area contributed by atoms with E-state index in [1.54, 1.807) is 6.20 Å². The fourth-order valence-electron chi connectivity index (χ4n) is 1.87. The van der Waals surface area contributed by atoms with Gasteiger partial charge in [0.15, 0.2) is 0 Å². The first-order valence-electron chi connectivity index (χ1n) is 6.40. The summed E-state index contributed by atoms with van der Waals surface area (Å²) in [5, 5.41) is 2.88. The van der Waals surface area contributed by atoms with Crippen molar-refractivity contribution in [1.82, 2.24) is 4.98 Å². The van der Waals surface area contributed by atoms with E-state index in [1.165, 1.54) is 0 Å². The molecule has 104 valence electrons. The fourth-order valence-corrected chi connectivity index (χ4v) is 2.08. The van der Waals surface area contributed by atoms with Crippen LogP contribution < -0.4 is 5.32 Å². The van der Waals surface area contributed by atoms with Gasteiger partial charge in [-0.1, -0.05) is 30.3 Å². The van der Waals surface area contributed by atoms with E-state index in [9.17, 15) is 4.79 Å². The Morgan fingerprint density at radius 2 is 1.90 bits per heavy atom. The third kappa shape index (κ3) is 3.07. The zero-order valence-electron chi connectivity index (χ0n) is 11.8. The first kappa shape index (κ1) is 14.7. The Labute approximate surface area is 127 Å². The van der Waals surface area contributed by atoms with Gasteiger partial charge < -0.3 is 5.32 Å². The predicted molar refractivity (Wildman–Crippen MR) is 84.8 cm³/mol. The number of nitrogens with zero attached hydrogens (tertiary/aromatic N) is 1. The van der Waals surface area contributed by atoms with Gasteiger partial charge in [-0.05, 0) is 53.9 Å². The molecule has 2 aromatic rings. The highest BCUT2D eigenvalue weighted by atomic mass is 79.9. The van der Waals surface area contributed by atoms with Crippen molar-refractivity contribution in [3.05, 3.63) is 58.2 Å². The van der Waals surface area contributed by atoms with Gasteiger partial charge in [0.25, 0.3) is 0 Å². The van der Waals surface area contributed by atoms with E-state index in [0.717, 1.165) is 15.6 Å². The first-order chi connectivity index (χ1) is 9.41. The molecule has 0 aliphatic carbocycles. The van der Waals surface area contributed by atoms with Gasteiger partial charge in [-0.3, -0.25) is 4.79 Å². The Kier molecular flexibility index (Phi) is 4.23. The average molecular weight is 333 g/mol. The number of rotatable bonds is 3. The standard InChI is InChI=1S/C16H17BrN2O/c1-11-9-14(18-10-13(11)17)19-15(20)16(2,3)12-7-5-4-6-8-12/h4-10H,1-3H3,(H,18,19,20). The van der Waals surface area contributed by atoms with Crippen molar-refractivity contribution in [3.8, 4) is 0 Å². The van der Waals surface area contributed by atoms with Gasteiger partial charge in [0.1, 0.15) is 5.82 Å². The first-order valence-corrected chi connectivity index (χ1v) is 7.19. The lowest BCUT2D eigenvalue weighted by Crippen LogP contribution is -2.34. The van der Waals surface area contributed by atoms with E-state index >= 15 is 0 Å². The van der Waals surface area contributed by atoms with Crippen LogP contribution >= 0.6 is 15.9 Å². The molecular formula is C16H17BrN2O. The number of halogens is 1. The molecule has 1 heterocycles. The molecule has 1 aromatic carbocycles. The van der Waals surface area contributed by atoms with Crippen molar-refractivity contribution in [3.63, 3.8) is 0 Å². The number of nitrogens with one attached hydrogen (secondary N) is 1. The molecule has 1 aromatic heterocycles. The second kappa shape index (κ2) is 5.75. The molecular weight excluding hydrogens is 316 g/mol. The fraction of sp³-hybridized carbons (Fsp3) is 0.250. The van der Waals surface area contributed by atoms with Crippen LogP contribution in [0.15, 0.2) is 47.1 Å². The molecule has 0 aliphatic rings. The molecule has 0 saturated carbocycles. The van der Waals surface area contributed by atoms with E-state index in [0.29, 0.717) is 5.82 Å². The van der Waals surface area contributed by atoms with Crippen LogP contribution in [-0.4, -0.2) is 10.9 Å². The molecule has 0 aliphatic heterocycles. The van der Waals surface area contributed by atoms with E-state index in [2.05, 4.69) is 26.2 Å². The van der Waals surface area contributed by atoms with E-state index in [-0.39, 0.29) is 5.91 Å². The number of hydrogen-bond donors (Lipinski definition) is 1. The molecule has 0 bridgehead atoms. The number of pyridine rings is 1. The zero-order valence-corrected chi connectivity index (χ0v) is 13.4. The minimum Gasteiger partial charge on any atom is -0.310 e. The Bertz CT molecular complexity index is 624. The lowest BCUT2D eigenvalue weighted by atomic mass is 9.84. The lowest BCUT2D eigenvalue weighted by molar-refractivity contribution is -0.120. The molecule has 3 nitrogen and oxygen atoms in total. The molecule has 4 heteroatoms. The van der Waals surface area contributed by atoms with Crippen molar-refractivity contribution in [2.45, 2.75) is 26.2 Å². The number of carbonyl (C=O) groups is 1. The van der Waals surface area contributed by atoms with Gasteiger partial charge in [-0.2, -0.15) is 0 Å². The van der Waals surface area contributed by atoms with Crippen molar-refractivity contribution < 1.29 is 4.79 Å². The summed E-state index contributed by atoms with van der Waals surface area (Å²) in [6.45, 7) is 5.77. The van der Waals surface area contributed by atoms with Gasteiger partial charge >= 0.3 is 0 Å². The van der Waals surface area contributed by atoms with Crippen LogP contribution in [0.3, 0.4) is 0 Å². The van der Waals surface area contributed by atoms with Crippen molar-refractivity contribution in [1.29, 1.82) is 0 Å². The second-order valence-corrected chi connectivity index (χ2v) is 6.12. The molecule has 0 atom stereocenters. The zero-order chi connectivity index (χ0) is 14.8. The van der Waals surface area contributed by atoms with Gasteiger partial charge in [-0.15, -0.1) is 0 Å². The van der Waals surface area contributed by atoms with E-state index in [4.69, 9.17) is 0 Å². The monoisotopic (exact) mass is 332 g/mol. The Morgan fingerprint density at radius 1 is 1.25 bits per heavy atom. The largest absolute Gasteiger partial charge is 0.310 e. The van der Waals surface area contributed by atoms with E-state index < -0.39 is 5.41 Å². The van der Waals surface area contributed by atoms with Crippen LogP contribution in [0.4, 0.5) is 5.82 Å². The summed E-state index contributed by atoms with van der Waals surface area (Å²) < 4.78 is 0.929. The van der Waals surface area contributed by atoms with Crippen molar-refractivity contribution >= 4 is 27.7 Å². The highest BCUT2D eigenvalue weighted by Gasteiger charge is 2.29. The quantitative estimate of drug-likeness (QED) is 0.920. The molecule has 1 N–H and O–H groups in total. The van der Waals surface area contributed by atoms with Crippen LogP contribution in [0.25, 0.3) is 0 Å². The lowest BCUT2D eigenvalue weighted by Gasteiger charge is -2.24. The summed E-state index contributed by atoms with van der Waals surface area (Å²) in [6.07, 6.45) is 1.69. The topological polar surface area (TPSA) is 42.0 Å². The SMILES string of the molecule is Cc1cc(NC(=O)C(C)(C)c2ccccc2)ncc1Br. The average Bonchev–Trinajstić information content (AvgIpc) is 2.44. The van der Waals surface area contributed by atoms with E-state index in [1.807, 2.05) is 57.2 Å². The van der Waals surface area contributed by atoms with Crippen LogP contribution in [0.1, 0.15) is 25.0 Å². The minimum absolute atomic E-state index is 0.0714. The molecule has 0 saturated heterocycles. The number of aromatic nitrogens is 1. The predicted octanol–water partition coefficient (Wildman–Crippen LogP) is 4.07. The summed E-state index contributed by atoms with van der Waals surface area (Å²) in [4.78, 5) is 16.7. The minimum atomic E-state index is -0.607. The molecule has 0 fully saturated rings. The third-order valence-electron chi connectivity index (χ3n) is 3.35. The highest BCUT2D eigenvalue weighted by Crippen LogP contribution is 2.25. The normalized spacial score (nSPS) is 11.2. The van der Waals surface area contributed by atoms with Gasteiger partial charge in [0, 0.05) is 10.7 Å². The third-order valence-corrected chi connectivity index (χ3v) is 4.18. The van der Waals surface area contributed by atoms with Crippen molar-refractivity contribution in [2.24, 2.45) is 0 Å². The molecule has 20 heavy (non-hydrogen) atoms. The second-order valence-electron chi connectivity index (χ2n) is 5.26. The molecule has 1 amide bonds. The Balaban J connectivity index is 2.21. The van der Waals surface area contributed by atoms with Gasteiger partial charge in [-0.25, -0.2) is 4.98 Å². The van der Waals surface area contributed by atoms with Crippen LogP contribution in [0.5, 0.6) is 0 Å². The smallest absolute Gasteiger partial charge is 0.235 e. The summed E-state index contributed by atoms with van der Waals surface area (Å²) in [5.41, 5.74) is 1.41. The molecule has 2 rings (SSSR count). The highest BCUT2D eigenvalue weighted by molar-refractivity contribution is 9.10. The summed E-state index contributed by atoms with van der Waals surface area (Å²) in [6, 6.07) is 11.6. The van der Waals surface area contributed by atoms with Gasteiger partial charge in [0.05, 0.1) is 5.41 Å². The summed E-state index contributed by atoms with van der Waals surface area (Å²) >= 11 is 3.40. The summed E-state index contributed by atoms with van der Waals surface area (Å²) in [7, 11) is 0. The van der Waals surface area contributed by atoms with Crippen LogP contribution in [0.2, 0.25) is 0 Å². The molecule has 0 spiro atoms. The summed E-state index contributed by atoms with van der Waals surface area (Å²) in [5.74, 6) is 0.498. The van der Waals surface area contributed by atoms with Crippen LogP contribution in [0, 0.1) is 6.92 Å². The Hall–Kier alpha value is -1.68. The number of hydrogen-bond acceptors (Lipinski definition) is 2. The van der Waals surface area contributed by atoms with Crippen molar-refractivity contribution in [2.75, 3.05) is 5.32 Å². The number of carbonyl (C=O) groups excluding carboxylic acids is 1. The number of aryl methyl sites for hydroxylation is 1. The number of benzene rings is 1. The number of anilines is 1. The Morgan fingerprint density at radius 3 is 2.50 bits per heavy atom. The maximum atomic E-state index is 12.5. The molecule has 0 radical (unpaired) electrons. The molecule has 0 unspecified atom stereocenters. The van der Waals surface area contributed by atoms with Crippen LogP contribution in [-0.2, 0) is 10.2 Å². The number of amides is 1.